The summed E-state index contributed by atoms with van der Waals surface area (Å²) < 4.78 is 18.9. The zero-order chi connectivity index (χ0) is 22.9. The Labute approximate surface area is 201 Å². The molecule has 5 heteroatoms. The van der Waals surface area contributed by atoms with Gasteiger partial charge in [-0.2, -0.15) is 0 Å². The van der Waals surface area contributed by atoms with E-state index in [4.69, 9.17) is 14.2 Å². The molecule has 4 rings (SSSR count). The SMILES string of the molecule is COc1cc(Br)c(CCN2[C@@H](c3ccccc3)O[C@H]3C[C@@H](C)CC[C@@H]3C2(C)C)cc1OC. The standard InChI is InChI=1S/C27H36BrNO3/c1-18-11-12-21-23(15-18)32-26(19-9-7-6-8-10-19)29(27(21,2)3)14-13-20-16-24(30-4)25(31-5)17-22(20)28/h6-10,16-18,21,23,26H,11-15H2,1-5H3/t18-,21-,23-,26+/m0/s1. The molecular formula is C27H36BrNO3. The van der Waals surface area contributed by atoms with Crippen LogP contribution in [0.25, 0.3) is 0 Å². The molecular weight excluding hydrogens is 466 g/mol. The van der Waals surface area contributed by atoms with Gasteiger partial charge in [0.25, 0.3) is 0 Å². The van der Waals surface area contributed by atoms with Gasteiger partial charge >= 0.3 is 0 Å². The normalized spacial score (nSPS) is 27.6. The van der Waals surface area contributed by atoms with Gasteiger partial charge in [-0.3, -0.25) is 4.90 Å². The summed E-state index contributed by atoms with van der Waals surface area (Å²) in [5.74, 6) is 2.79. The largest absolute Gasteiger partial charge is 0.493 e. The number of ether oxygens (including phenoxy) is 3. The van der Waals surface area contributed by atoms with Crippen molar-refractivity contribution in [3.8, 4) is 11.5 Å². The van der Waals surface area contributed by atoms with E-state index in [1.54, 1.807) is 14.2 Å². The summed E-state index contributed by atoms with van der Waals surface area (Å²) in [4.78, 5) is 2.59. The van der Waals surface area contributed by atoms with Crippen molar-refractivity contribution in [1.82, 2.24) is 4.90 Å². The van der Waals surface area contributed by atoms with E-state index in [0.717, 1.165) is 41.3 Å². The van der Waals surface area contributed by atoms with E-state index in [0.29, 0.717) is 12.0 Å². The van der Waals surface area contributed by atoms with Crippen LogP contribution in [0.2, 0.25) is 0 Å². The van der Waals surface area contributed by atoms with E-state index in [2.05, 4.69) is 78.0 Å². The molecule has 0 radical (unpaired) electrons. The highest BCUT2D eigenvalue weighted by Crippen LogP contribution is 2.49. The molecule has 32 heavy (non-hydrogen) atoms. The molecule has 1 saturated heterocycles. The van der Waals surface area contributed by atoms with Gasteiger partial charge in [-0.25, -0.2) is 0 Å². The van der Waals surface area contributed by atoms with Crippen molar-refractivity contribution in [1.29, 1.82) is 0 Å². The number of benzene rings is 2. The lowest BCUT2D eigenvalue weighted by atomic mass is 9.69. The van der Waals surface area contributed by atoms with Gasteiger partial charge in [0.05, 0.1) is 20.3 Å². The summed E-state index contributed by atoms with van der Waals surface area (Å²) in [5.41, 5.74) is 2.50. The molecule has 1 heterocycles. The summed E-state index contributed by atoms with van der Waals surface area (Å²) in [5, 5.41) is 0. The summed E-state index contributed by atoms with van der Waals surface area (Å²) >= 11 is 3.74. The highest BCUT2D eigenvalue weighted by molar-refractivity contribution is 9.10. The van der Waals surface area contributed by atoms with Gasteiger partial charge in [0, 0.05) is 22.5 Å². The minimum atomic E-state index is -0.0309. The number of hydrogen-bond acceptors (Lipinski definition) is 4. The quantitative estimate of drug-likeness (QED) is 0.444. The summed E-state index contributed by atoms with van der Waals surface area (Å²) in [6, 6.07) is 14.8. The number of halogens is 1. The molecule has 1 saturated carbocycles. The van der Waals surface area contributed by atoms with Gasteiger partial charge in [-0.05, 0) is 62.3 Å². The Hall–Kier alpha value is -1.56. The van der Waals surface area contributed by atoms with Crippen molar-refractivity contribution < 1.29 is 14.2 Å². The molecule has 0 unspecified atom stereocenters. The van der Waals surface area contributed by atoms with Crippen molar-refractivity contribution in [3.05, 3.63) is 58.1 Å². The van der Waals surface area contributed by atoms with Crippen molar-refractivity contribution >= 4 is 15.9 Å². The maximum atomic E-state index is 6.86. The Morgan fingerprint density at radius 1 is 1.06 bits per heavy atom. The van der Waals surface area contributed by atoms with E-state index >= 15 is 0 Å². The fraction of sp³-hybridized carbons (Fsp3) is 0.556. The molecule has 1 aliphatic carbocycles. The van der Waals surface area contributed by atoms with Crippen LogP contribution in [0.5, 0.6) is 11.5 Å². The monoisotopic (exact) mass is 501 g/mol. The van der Waals surface area contributed by atoms with Crippen LogP contribution in [0.15, 0.2) is 46.9 Å². The number of rotatable bonds is 6. The average molecular weight is 502 g/mol. The Morgan fingerprint density at radius 3 is 2.44 bits per heavy atom. The molecule has 174 valence electrons. The van der Waals surface area contributed by atoms with Crippen molar-refractivity contribution in [3.63, 3.8) is 0 Å². The highest BCUT2D eigenvalue weighted by atomic mass is 79.9. The molecule has 2 aromatic rings. The fourth-order valence-electron chi connectivity index (χ4n) is 5.65. The predicted molar refractivity (Wildman–Crippen MR) is 132 cm³/mol. The van der Waals surface area contributed by atoms with Crippen LogP contribution in [0, 0.1) is 11.8 Å². The molecule has 2 aromatic carbocycles. The number of methoxy groups -OCH3 is 2. The molecule has 0 amide bonds. The zero-order valence-corrected chi connectivity index (χ0v) is 21.5. The first-order valence-electron chi connectivity index (χ1n) is 11.7. The smallest absolute Gasteiger partial charge is 0.161 e. The van der Waals surface area contributed by atoms with Crippen molar-refractivity contribution in [2.75, 3.05) is 20.8 Å². The minimum absolute atomic E-state index is 0.0309. The summed E-state index contributed by atoms with van der Waals surface area (Å²) in [6.45, 7) is 8.11. The Kier molecular flexibility index (Phi) is 7.18. The second kappa shape index (κ2) is 9.74. The van der Waals surface area contributed by atoms with E-state index in [1.165, 1.54) is 24.0 Å². The van der Waals surface area contributed by atoms with Gasteiger partial charge in [0.1, 0.15) is 6.23 Å². The maximum Gasteiger partial charge on any atom is 0.161 e. The van der Waals surface area contributed by atoms with Crippen molar-refractivity contribution in [2.45, 2.75) is 64.3 Å². The molecule has 4 atom stereocenters. The highest BCUT2D eigenvalue weighted by Gasteiger charge is 2.50. The molecule has 2 fully saturated rings. The van der Waals surface area contributed by atoms with E-state index < -0.39 is 0 Å². The zero-order valence-electron chi connectivity index (χ0n) is 19.9. The molecule has 0 N–H and O–H groups in total. The topological polar surface area (TPSA) is 30.9 Å². The lowest BCUT2D eigenvalue weighted by Gasteiger charge is -2.57. The lowest BCUT2D eigenvalue weighted by Crippen LogP contribution is -2.61. The van der Waals surface area contributed by atoms with Crippen LogP contribution in [-0.4, -0.2) is 37.3 Å². The van der Waals surface area contributed by atoms with Crippen LogP contribution >= 0.6 is 15.9 Å². The van der Waals surface area contributed by atoms with Gasteiger partial charge in [0.15, 0.2) is 11.5 Å². The van der Waals surface area contributed by atoms with E-state index in [9.17, 15) is 0 Å². The van der Waals surface area contributed by atoms with Gasteiger partial charge in [0.2, 0.25) is 0 Å². The summed E-state index contributed by atoms with van der Waals surface area (Å²) in [6.07, 6.45) is 4.87. The minimum Gasteiger partial charge on any atom is -0.493 e. The Morgan fingerprint density at radius 2 is 1.75 bits per heavy atom. The van der Waals surface area contributed by atoms with Crippen LogP contribution < -0.4 is 9.47 Å². The summed E-state index contributed by atoms with van der Waals surface area (Å²) in [7, 11) is 3.36. The van der Waals surface area contributed by atoms with Gasteiger partial charge < -0.3 is 14.2 Å². The first kappa shape index (κ1) is 23.6. The third-order valence-electron chi connectivity index (χ3n) is 7.55. The predicted octanol–water partition coefficient (Wildman–Crippen LogP) is 6.62. The molecule has 4 nitrogen and oxygen atoms in total. The molecule has 0 spiro atoms. The first-order valence-corrected chi connectivity index (χ1v) is 12.5. The lowest BCUT2D eigenvalue weighted by molar-refractivity contribution is -0.236. The van der Waals surface area contributed by atoms with E-state index in [1.807, 2.05) is 6.07 Å². The maximum absolute atomic E-state index is 6.86. The number of nitrogens with zero attached hydrogens (tertiary/aromatic N) is 1. The van der Waals surface area contributed by atoms with Crippen LogP contribution in [0.4, 0.5) is 0 Å². The average Bonchev–Trinajstić information content (AvgIpc) is 2.78. The van der Waals surface area contributed by atoms with Crippen LogP contribution in [0.3, 0.4) is 0 Å². The molecule has 0 aromatic heterocycles. The van der Waals surface area contributed by atoms with Gasteiger partial charge in [-0.1, -0.05) is 59.6 Å². The first-order chi connectivity index (χ1) is 15.3. The molecule has 1 aliphatic heterocycles. The molecule has 2 aliphatic rings. The second-order valence-corrected chi connectivity index (χ2v) is 10.7. The number of fused-ring (bicyclic) bond motifs is 1. The molecule has 0 bridgehead atoms. The third kappa shape index (κ3) is 4.57. The number of hydrogen-bond donors (Lipinski definition) is 0. The Balaban J connectivity index is 1.64. The van der Waals surface area contributed by atoms with Crippen LogP contribution in [-0.2, 0) is 11.2 Å². The van der Waals surface area contributed by atoms with Crippen molar-refractivity contribution in [2.24, 2.45) is 11.8 Å². The van der Waals surface area contributed by atoms with E-state index in [-0.39, 0.29) is 11.8 Å². The fourth-order valence-corrected chi connectivity index (χ4v) is 6.17. The van der Waals surface area contributed by atoms with Crippen LogP contribution in [0.1, 0.15) is 57.4 Å². The second-order valence-electron chi connectivity index (χ2n) is 9.86. The third-order valence-corrected chi connectivity index (χ3v) is 8.29. The Bertz CT molecular complexity index is 917. The van der Waals surface area contributed by atoms with Gasteiger partial charge in [-0.15, -0.1) is 0 Å².